The van der Waals surface area contributed by atoms with Crippen molar-refractivity contribution >= 4 is 11.9 Å². The summed E-state index contributed by atoms with van der Waals surface area (Å²) in [7, 11) is 0. The van der Waals surface area contributed by atoms with E-state index in [1.807, 2.05) is 0 Å². The summed E-state index contributed by atoms with van der Waals surface area (Å²) >= 11 is 0. The van der Waals surface area contributed by atoms with Crippen LogP contribution in [0.2, 0.25) is 0 Å². The van der Waals surface area contributed by atoms with Crippen molar-refractivity contribution in [3.63, 3.8) is 0 Å². The number of rotatable bonds is 39. The molecule has 0 aliphatic heterocycles. The summed E-state index contributed by atoms with van der Waals surface area (Å²) in [6.45, 7) is 1.79. The highest BCUT2D eigenvalue weighted by Gasteiger charge is 2.17. The van der Waals surface area contributed by atoms with E-state index in [-0.39, 0.29) is 6.42 Å². The Morgan fingerprint density at radius 1 is 0.426 bits per heavy atom. The van der Waals surface area contributed by atoms with Crippen molar-refractivity contribution in [1.82, 2.24) is 0 Å². The number of ether oxygens (including phenoxy) is 1. The maximum Gasteiger partial charge on any atom is 0.332 e. The predicted octanol–water partition coefficient (Wildman–Crippen LogP) is 12.8. The SMILES string of the molecule is CCCCCCCCCCCCCCCCCCCCCCCCCCCCCCCCCCCCCCC(=O)OC(=O)[C@@H](N)CO. The summed E-state index contributed by atoms with van der Waals surface area (Å²) in [6, 6.07) is -1.13. The number of carbonyl (C=O) groups is 2. The fourth-order valence-electron chi connectivity index (χ4n) is 6.67. The standard InChI is InChI=1S/C42H83NO4/c1-2-3-4-5-6-7-8-9-10-11-12-13-14-15-16-17-18-19-20-21-22-23-24-25-26-27-28-29-30-31-32-33-34-35-36-37-38-41(45)47-42(46)40(43)39-44/h40,44H,2-39,43H2,1H3/t40-/m0/s1. The maximum absolute atomic E-state index is 11.6. The molecule has 0 aromatic rings. The van der Waals surface area contributed by atoms with E-state index in [1.165, 1.54) is 212 Å². The summed E-state index contributed by atoms with van der Waals surface area (Å²) in [5, 5.41) is 8.79. The van der Waals surface area contributed by atoms with Gasteiger partial charge in [-0.15, -0.1) is 0 Å². The summed E-state index contributed by atoms with van der Waals surface area (Å²) in [6.07, 6.45) is 50.2. The van der Waals surface area contributed by atoms with Gasteiger partial charge in [-0.25, -0.2) is 4.79 Å². The molecule has 0 fully saturated rings. The molecule has 0 spiro atoms. The van der Waals surface area contributed by atoms with Crippen molar-refractivity contribution < 1.29 is 19.4 Å². The van der Waals surface area contributed by atoms with Gasteiger partial charge in [0.05, 0.1) is 6.61 Å². The van der Waals surface area contributed by atoms with Crippen LogP contribution in [0.5, 0.6) is 0 Å². The number of hydrogen-bond donors (Lipinski definition) is 2. The van der Waals surface area contributed by atoms with Crippen molar-refractivity contribution in [3.8, 4) is 0 Å². The van der Waals surface area contributed by atoms with E-state index in [1.54, 1.807) is 0 Å². The third-order valence-electron chi connectivity index (χ3n) is 9.95. The van der Waals surface area contributed by atoms with Gasteiger partial charge >= 0.3 is 11.9 Å². The van der Waals surface area contributed by atoms with Crippen molar-refractivity contribution in [2.75, 3.05) is 6.61 Å². The average Bonchev–Trinajstić information content (AvgIpc) is 3.07. The van der Waals surface area contributed by atoms with Crippen molar-refractivity contribution in [2.45, 2.75) is 251 Å². The number of carbonyl (C=O) groups excluding carboxylic acids is 2. The smallest absolute Gasteiger partial charge is 0.332 e. The Labute approximate surface area is 293 Å². The molecule has 0 saturated carbocycles. The largest absolute Gasteiger partial charge is 0.394 e. The number of hydrogen-bond acceptors (Lipinski definition) is 5. The molecule has 0 amide bonds. The van der Waals surface area contributed by atoms with Crippen LogP contribution < -0.4 is 5.73 Å². The van der Waals surface area contributed by atoms with Crippen LogP contribution in [0.15, 0.2) is 0 Å². The van der Waals surface area contributed by atoms with E-state index in [4.69, 9.17) is 10.8 Å². The van der Waals surface area contributed by atoms with Crippen molar-refractivity contribution in [1.29, 1.82) is 0 Å². The predicted molar refractivity (Wildman–Crippen MR) is 203 cm³/mol. The lowest BCUT2D eigenvalue weighted by Gasteiger charge is -2.07. The molecular formula is C42H83NO4. The van der Waals surface area contributed by atoms with Gasteiger partial charge in [-0.2, -0.15) is 0 Å². The van der Waals surface area contributed by atoms with Crippen LogP contribution in [0, 0.1) is 0 Å². The van der Waals surface area contributed by atoms with Gasteiger partial charge < -0.3 is 15.6 Å². The van der Waals surface area contributed by atoms with E-state index < -0.39 is 24.6 Å². The number of esters is 2. The quantitative estimate of drug-likeness (QED) is 0.0387. The molecule has 5 heteroatoms. The highest BCUT2D eigenvalue weighted by atomic mass is 16.6. The lowest BCUT2D eigenvalue weighted by molar-refractivity contribution is -0.161. The lowest BCUT2D eigenvalue weighted by atomic mass is 10.0. The molecule has 47 heavy (non-hydrogen) atoms. The van der Waals surface area contributed by atoms with Crippen LogP contribution in [0.1, 0.15) is 244 Å². The minimum Gasteiger partial charge on any atom is -0.394 e. The summed E-state index contributed by atoms with van der Waals surface area (Å²) in [5.74, 6) is -1.39. The topological polar surface area (TPSA) is 89.6 Å². The third kappa shape index (κ3) is 37.7. The fourth-order valence-corrected chi connectivity index (χ4v) is 6.67. The normalized spacial score (nSPS) is 12.1. The zero-order valence-electron chi connectivity index (χ0n) is 31.7. The van der Waals surface area contributed by atoms with Crippen LogP contribution >= 0.6 is 0 Å². The highest BCUT2D eigenvalue weighted by molar-refractivity contribution is 5.88. The Hall–Kier alpha value is -0.940. The Bertz CT molecular complexity index is 640. The summed E-state index contributed by atoms with van der Waals surface area (Å²) in [4.78, 5) is 22.9. The molecule has 1 atom stereocenters. The Balaban J connectivity index is 3.12. The zero-order valence-corrected chi connectivity index (χ0v) is 31.7. The third-order valence-corrected chi connectivity index (χ3v) is 9.95. The number of aliphatic hydroxyl groups excluding tert-OH is 1. The van der Waals surface area contributed by atoms with E-state index in [2.05, 4.69) is 11.7 Å². The van der Waals surface area contributed by atoms with E-state index >= 15 is 0 Å². The second kappa shape index (κ2) is 39.5. The average molecular weight is 666 g/mol. The number of nitrogens with two attached hydrogens (primary N) is 1. The van der Waals surface area contributed by atoms with E-state index in [9.17, 15) is 9.59 Å². The van der Waals surface area contributed by atoms with Gasteiger partial charge in [-0.3, -0.25) is 4.79 Å². The first-order valence-electron chi connectivity index (χ1n) is 21.2. The monoisotopic (exact) mass is 666 g/mol. The Morgan fingerprint density at radius 3 is 0.851 bits per heavy atom. The van der Waals surface area contributed by atoms with Gasteiger partial charge in [0.15, 0.2) is 0 Å². The first kappa shape index (κ1) is 46.1. The lowest BCUT2D eigenvalue weighted by Crippen LogP contribution is -2.36. The minimum absolute atomic E-state index is 0.240. The van der Waals surface area contributed by atoms with Gasteiger partial charge in [0, 0.05) is 6.42 Å². The molecule has 5 nitrogen and oxygen atoms in total. The van der Waals surface area contributed by atoms with Crippen LogP contribution in [0.25, 0.3) is 0 Å². The number of unbranched alkanes of at least 4 members (excludes halogenated alkanes) is 35. The van der Waals surface area contributed by atoms with Crippen LogP contribution in [-0.2, 0) is 14.3 Å². The Morgan fingerprint density at radius 2 is 0.638 bits per heavy atom. The molecule has 0 bridgehead atoms. The number of aliphatic hydroxyl groups is 1. The summed E-state index contributed by atoms with van der Waals surface area (Å²) < 4.78 is 4.61. The molecule has 3 N–H and O–H groups in total. The molecule has 0 radical (unpaired) electrons. The second-order valence-electron chi connectivity index (χ2n) is 14.7. The van der Waals surface area contributed by atoms with Crippen molar-refractivity contribution in [3.05, 3.63) is 0 Å². The van der Waals surface area contributed by atoms with Gasteiger partial charge in [0.25, 0.3) is 0 Å². The molecule has 0 aliphatic carbocycles. The maximum atomic E-state index is 11.6. The fraction of sp³-hybridized carbons (Fsp3) is 0.952. The molecule has 0 unspecified atom stereocenters. The molecule has 280 valence electrons. The summed E-state index contributed by atoms with van der Waals surface area (Å²) in [5.41, 5.74) is 5.33. The molecule has 0 aliphatic rings. The first-order valence-corrected chi connectivity index (χ1v) is 21.2. The van der Waals surface area contributed by atoms with Crippen LogP contribution in [0.3, 0.4) is 0 Å². The highest BCUT2D eigenvalue weighted by Crippen LogP contribution is 2.17. The zero-order chi connectivity index (χ0) is 34.3. The second-order valence-corrected chi connectivity index (χ2v) is 14.7. The molecule has 0 saturated heterocycles. The minimum atomic E-state index is -1.13. The van der Waals surface area contributed by atoms with Crippen molar-refractivity contribution in [2.24, 2.45) is 5.73 Å². The van der Waals surface area contributed by atoms with Gasteiger partial charge in [-0.05, 0) is 6.42 Å². The Kier molecular flexibility index (Phi) is 38.7. The molecule has 0 heterocycles. The van der Waals surface area contributed by atoms with Gasteiger partial charge in [0.2, 0.25) is 0 Å². The van der Waals surface area contributed by atoms with Gasteiger partial charge in [0.1, 0.15) is 6.04 Å². The van der Waals surface area contributed by atoms with Gasteiger partial charge in [-0.1, -0.05) is 232 Å². The molecular weight excluding hydrogens is 582 g/mol. The van der Waals surface area contributed by atoms with E-state index in [0.29, 0.717) is 0 Å². The van der Waals surface area contributed by atoms with Crippen LogP contribution in [-0.4, -0.2) is 29.7 Å². The molecule has 0 aromatic carbocycles. The molecule has 0 rings (SSSR count). The van der Waals surface area contributed by atoms with E-state index in [0.717, 1.165) is 19.3 Å². The first-order chi connectivity index (χ1) is 23.1. The van der Waals surface area contributed by atoms with Crippen LogP contribution in [0.4, 0.5) is 0 Å². The molecule has 0 aromatic heterocycles.